The van der Waals surface area contributed by atoms with Crippen LogP contribution in [0.4, 0.5) is 18.9 Å². The lowest BCUT2D eigenvalue weighted by Crippen LogP contribution is -2.47. The van der Waals surface area contributed by atoms with Crippen molar-refractivity contribution in [3.05, 3.63) is 76.6 Å². The van der Waals surface area contributed by atoms with Gasteiger partial charge in [0.25, 0.3) is 0 Å². The summed E-state index contributed by atoms with van der Waals surface area (Å²) in [4.78, 5) is 0. The Balaban J connectivity index is 1.91. The van der Waals surface area contributed by atoms with Gasteiger partial charge in [-0.1, -0.05) is 37.8 Å². The van der Waals surface area contributed by atoms with Gasteiger partial charge in [-0.25, -0.2) is 0 Å². The minimum Gasteiger partial charge on any atom is -0.465 e. The minimum atomic E-state index is -4.36. The maximum absolute atomic E-state index is 14.6. The van der Waals surface area contributed by atoms with E-state index >= 15 is 0 Å². The van der Waals surface area contributed by atoms with Gasteiger partial charge in [-0.05, 0) is 73.9 Å². The molecule has 1 aliphatic heterocycles. The average molecular weight is 428 g/mol. The van der Waals surface area contributed by atoms with E-state index in [2.05, 4.69) is 11.9 Å². The van der Waals surface area contributed by atoms with Crippen LogP contribution in [0, 0.1) is 19.3 Å². The molecule has 1 N–H and O–H groups in total. The molecule has 5 heteroatoms. The molecular formula is C26H28F3NO. The van der Waals surface area contributed by atoms with E-state index in [4.69, 9.17) is 4.74 Å². The summed E-state index contributed by atoms with van der Waals surface area (Å²) in [5.41, 5.74) is 4.34. The summed E-state index contributed by atoms with van der Waals surface area (Å²) < 4.78 is 49.1. The van der Waals surface area contributed by atoms with E-state index in [1.54, 1.807) is 6.08 Å². The van der Waals surface area contributed by atoms with Crippen LogP contribution >= 0.6 is 0 Å². The van der Waals surface area contributed by atoms with E-state index in [1.807, 2.05) is 51.1 Å². The van der Waals surface area contributed by atoms with Crippen LogP contribution in [-0.2, 0) is 4.74 Å². The number of fused-ring (bicyclic) bond motifs is 2. The molecule has 0 fully saturated rings. The summed E-state index contributed by atoms with van der Waals surface area (Å²) in [7, 11) is 0. The molecule has 0 saturated carbocycles. The van der Waals surface area contributed by atoms with Crippen LogP contribution in [0.25, 0.3) is 11.8 Å². The molecule has 2 aromatic rings. The van der Waals surface area contributed by atoms with E-state index in [9.17, 15) is 13.2 Å². The highest BCUT2D eigenvalue weighted by atomic mass is 19.4. The number of rotatable bonds is 3. The first-order valence-corrected chi connectivity index (χ1v) is 10.7. The van der Waals surface area contributed by atoms with E-state index < -0.39 is 17.6 Å². The SMILES string of the molecule is C=C1OC=Cc2c(NC3c4ccc(C)c(C)c4C(CC)CC3(C)C(F)(F)F)cccc21. The molecule has 0 saturated heterocycles. The lowest BCUT2D eigenvalue weighted by atomic mass is 9.62. The van der Waals surface area contributed by atoms with E-state index in [0.29, 0.717) is 17.9 Å². The Morgan fingerprint density at radius 1 is 1.19 bits per heavy atom. The number of halogens is 3. The second-order valence-electron chi connectivity index (χ2n) is 8.92. The number of hydrogen-bond donors (Lipinski definition) is 1. The molecule has 1 aliphatic carbocycles. The van der Waals surface area contributed by atoms with Crippen LogP contribution in [0.1, 0.15) is 72.0 Å². The predicted octanol–water partition coefficient (Wildman–Crippen LogP) is 7.89. The molecule has 3 unspecified atom stereocenters. The van der Waals surface area contributed by atoms with Gasteiger partial charge >= 0.3 is 6.18 Å². The van der Waals surface area contributed by atoms with Gasteiger partial charge in [-0.3, -0.25) is 0 Å². The first-order valence-electron chi connectivity index (χ1n) is 10.7. The van der Waals surface area contributed by atoms with Crippen LogP contribution in [0.2, 0.25) is 0 Å². The average Bonchev–Trinajstić information content (AvgIpc) is 2.72. The van der Waals surface area contributed by atoms with Crippen molar-refractivity contribution in [1.82, 2.24) is 0 Å². The Morgan fingerprint density at radius 3 is 2.61 bits per heavy atom. The standard InChI is InChI=1S/C26H28F3NO/c1-6-18-14-25(5,26(27,28)29)24(21-11-10-15(2)16(3)23(18)21)30-22-9-7-8-19-17(4)31-13-12-20(19)22/h7-13,18,24,30H,4,6,14H2,1-3,5H3. The molecule has 0 amide bonds. The van der Waals surface area contributed by atoms with E-state index in [1.165, 1.54) is 13.2 Å². The molecule has 31 heavy (non-hydrogen) atoms. The number of nitrogens with one attached hydrogen (secondary N) is 1. The molecule has 2 aliphatic rings. The Kier molecular flexibility index (Phi) is 5.19. The van der Waals surface area contributed by atoms with Gasteiger partial charge in [-0.2, -0.15) is 13.2 Å². The first-order chi connectivity index (χ1) is 14.6. The molecule has 0 radical (unpaired) electrons. The van der Waals surface area contributed by atoms with Gasteiger partial charge in [0.2, 0.25) is 0 Å². The monoisotopic (exact) mass is 427 g/mol. The quantitative estimate of drug-likeness (QED) is 0.538. The molecule has 2 aromatic carbocycles. The predicted molar refractivity (Wildman–Crippen MR) is 120 cm³/mol. The third kappa shape index (κ3) is 3.35. The lowest BCUT2D eigenvalue weighted by molar-refractivity contribution is -0.230. The fourth-order valence-corrected chi connectivity index (χ4v) is 5.11. The van der Waals surface area contributed by atoms with E-state index in [0.717, 1.165) is 33.4 Å². The highest BCUT2D eigenvalue weighted by molar-refractivity contribution is 5.81. The number of anilines is 1. The topological polar surface area (TPSA) is 21.3 Å². The van der Waals surface area contributed by atoms with Crippen molar-refractivity contribution in [1.29, 1.82) is 0 Å². The van der Waals surface area contributed by atoms with Gasteiger partial charge in [0, 0.05) is 16.8 Å². The van der Waals surface area contributed by atoms with Crippen LogP contribution in [0.3, 0.4) is 0 Å². The van der Waals surface area contributed by atoms with Crippen LogP contribution < -0.4 is 5.32 Å². The van der Waals surface area contributed by atoms with Gasteiger partial charge in [0.1, 0.15) is 5.76 Å². The highest BCUT2D eigenvalue weighted by Crippen LogP contribution is 2.59. The van der Waals surface area contributed by atoms with Gasteiger partial charge in [0.05, 0.1) is 17.7 Å². The number of benzene rings is 2. The molecule has 0 bridgehead atoms. The summed E-state index contributed by atoms with van der Waals surface area (Å²) in [6, 6.07) is 8.43. The Bertz CT molecular complexity index is 1070. The van der Waals surface area contributed by atoms with Crippen LogP contribution in [0.15, 0.2) is 43.2 Å². The molecule has 3 atom stereocenters. The number of ether oxygens (including phenoxy) is 1. The summed E-state index contributed by atoms with van der Waals surface area (Å²) in [6.07, 6.45) is -0.324. The van der Waals surface area contributed by atoms with Crippen LogP contribution in [0.5, 0.6) is 0 Å². The zero-order valence-electron chi connectivity index (χ0n) is 18.4. The van der Waals surface area contributed by atoms with Crippen LogP contribution in [-0.4, -0.2) is 6.18 Å². The van der Waals surface area contributed by atoms with Gasteiger partial charge < -0.3 is 10.1 Å². The van der Waals surface area contributed by atoms with Crippen molar-refractivity contribution < 1.29 is 17.9 Å². The van der Waals surface area contributed by atoms with Crippen molar-refractivity contribution in [2.24, 2.45) is 5.41 Å². The molecule has 164 valence electrons. The lowest BCUT2D eigenvalue weighted by Gasteiger charge is -2.48. The van der Waals surface area contributed by atoms with Crippen molar-refractivity contribution in [3.8, 4) is 0 Å². The minimum absolute atomic E-state index is 0.0582. The Morgan fingerprint density at radius 2 is 1.94 bits per heavy atom. The van der Waals surface area contributed by atoms with Crippen molar-refractivity contribution in [3.63, 3.8) is 0 Å². The molecule has 0 aromatic heterocycles. The third-order valence-electron chi connectivity index (χ3n) is 7.14. The highest BCUT2D eigenvalue weighted by Gasteiger charge is 2.59. The molecule has 1 heterocycles. The fourth-order valence-electron chi connectivity index (χ4n) is 5.11. The normalized spacial score (nSPS) is 24.9. The van der Waals surface area contributed by atoms with Crippen molar-refractivity contribution >= 4 is 17.5 Å². The first kappa shape index (κ1) is 21.5. The Hall–Kier alpha value is -2.69. The van der Waals surface area contributed by atoms with E-state index in [-0.39, 0.29) is 12.3 Å². The number of hydrogen-bond acceptors (Lipinski definition) is 2. The fraction of sp³-hybridized carbons (Fsp3) is 0.385. The van der Waals surface area contributed by atoms with Crippen molar-refractivity contribution in [2.45, 2.75) is 58.7 Å². The molecule has 0 spiro atoms. The second-order valence-corrected chi connectivity index (χ2v) is 8.92. The zero-order valence-corrected chi connectivity index (χ0v) is 18.4. The Labute approximate surface area is 181 Å². The number of aryl methyl sites for hydroxylation is 1. The van der Waals surface area contributed by atoms with Crippen molar-refractivity contribution in [2.75, 3.05) is 5.32 Å². The summed E-state index contributed by atoms with van der Waals surface area (Å²) >= 11 is 0. The van der Waals surface area contributed by atoms with Gasteiger partial charge in [0.15, 0.2) is 0 Å². The van der Waals surface area contributed by atoms with Gasteiger partial charge in [-0.15, -0.1) is 0 Å². The summed E-state index contributed by atoms with van der Waals surface area (Å²) in [6.45, 7) is 11.3. The third-order valence-corrected chi connectivity index (χ3v) is 7.14. The smallest absolute Gasteiger partial charge is 0.396 e. The molecular weight excluding hydrogens is 399 g/mol. The molecule has 2 nitrogen and oxygen atoms in total. The summed E-state index contributed by atoms with van der Waals surface area (Å²) in [5.74, 6) is 0.360. The largest absolute Gasteiger partial charge is 0.465 e. The zero-order chi connectivity index (χ0) is 22.6. The summed E-state index contributed by atoms with van der Waals surface area (Å²) in [5, 5.41) is 3.31. The molecule has 4 rings (SSSR count). The maximum Gasteiger partial charge on any atom is 0.396 e. The second kappa shape index (κ2) is 7.47. The number of alkyl halides is 3. The maximum atomic E-state index is 14.6.